The van der Waals surface area contributed by atoms with Gasteiger partial charge in [0.2, 0.25) is 0 Å². The standard InChI is InChI=1S/C10H13NO2/c1-2-10(11,13)9-5-3-8(7-12)4-6-9/h3-7,13H,2,11H2,1H3/t10-/m0/s1. The maximum absolute atomic E-state index is 10.3. The van der Waals surface area contributed by atoms with Crippen LogP contribution in [-0.2, 0) is 5.72 Å². The van der Waals surface area contributed by atoms with Gasteiger partial charge in [-0.25, -0.2) is 0 Å². The van der Waals surface area contributed by atoms with Crippen molar-refractivity contribution < 1.29 is 9.90 Å². The van der Waals surface area contributed by atoms with Gasteiger partial charge in [0.15, 0.2) is 0 Å². The minimum absolute atomic E-state index is 0.438. The van der Waals surface area contributed by atoms with E-state index >= 15 is 0 Å². The third-order valence-electron chi connectivity index (χ3n) is 2.09. The van der Waals surface area contributed by atoms with Crippen molar-refractivity contribution in [3.8, 4) is 0 Å². The van der Waals surface area contributed by atoms with E-state index in [0.717, 1.165) is 6.29 Å². The number of aliphatic hydroxyl groups is 1. The van der Waals surface area contributed by atoms with Gasteiger partial charge < -0.3 is 5.11 Å². The van der Waals surface area contributed by atoms with Crippen LogP contribution in [0.25, 0.3) is 0 Å². The molecule has 0 bridgehead atoms. The van der Waals surface area contributed by atoms with E-state index in [1.165, 1.54) is 0 Å². The molecule has 3 N–H and O–H groups in total. The lowest BCUT2D eigenvalue weighted by atomic mass is 10.0. The van der Waals surface area contributed by atoms with E-state index in [2.05, 4.69) is 0 Å². The molecule has 0 aromatic heterocycles. The summed E-state index contributed by atoms with van der Waals surface area (Å²) in [6.45, 7) is 1.80. The Morgan fingerprint density at radius 2 is 2.00 bits per heavy atom. The monoisotopic (exact) mass is 179 g/mol. The minimum Gasteiger partial charge on any atom is -0.372 e. The smallest absolute Gasteiger partial charge is 0.150 e. The van der Waals surface area contributed by atoms with Gasteiger partial charge in [0.25, 0.3) is 0 Å². The fraction of sp³-hybridized carbons (Fsp3) is 0.300. The lowest BCUT2D eigenvalue weighted by molar-refractivity contribution is 0.0394. The Morgan fingerprint density at radius 3 is 2.38 bits per heavy atom. The molecule has 0 saturated heterocycles. The van der Waals surface area contributed by atoms with Gasteiger partial charge in [0.05, 0.1) is 0 Å². The number of carbonyl (C=O) groups excluding carboxylic acids is 1. The van der Waals surface area contributed by atoms with Crippen molar-refractivity contribution in [3.63, 3.8) is 0 Å². The zero-order valence-electron chi connectivity index (χ0n) is 7.53. The predicted octanol–water partition coefficient (Wildman–Crippen LogP) is 1.01. The van der Waals surface area contributed by atoms with Crippen molar-refractivity contribution >= 4 is 6.29 Å². The Hall–Kier alpha value is -1.19. The van der Waals surface area contributed by atoms with Gasteiger partial charge in [-0.1, -0.05) is 31.2 Å². The van der Waals surface area contributed by atoms with Crippen LogP contribution in [-0.4, -0.2) is 11.4 Å². The van der Waals surface area contributed by atoms with Crippen molar-refractivity contribution in [3.05, 3.63) is 35.4 Å². The molecule has 0 amide bonds. The molecule has 0 heterocycles. The zero-order chi connectivity index (χ0) is 9.90. The van der Waals surface area contributed by atoms with Crippen molar-refractivity contribution in [1.82, 2.24) is 0 Å². The molecule has 3 heteroatoms. The second-order valence-corrected chi connectivity index (χ2v) is 3.02. The molecule has 1 rings (SSSR count). The summed E-state index contributed by atoms with van der Waals surface area (Å²) in [4.78, 5) is 10.3. The van der Waals surface area contributed by atoms with E-state index in [-0.39, 0.29) is 0 Å². The molecule has 0 unspecified atom stereocenters. The molecule has 1 aromatic rings. The summed E-state index contributed by atoms with van der Waals surface area (Å²) < 4.78 is 0. The topological polar surface area (TPSA) is 63.3 Å². The molecule has 0 radical (unpaired) electrons. The zero-order valence-corrected chi connectivity index (χ0v) is 7.53. The Bertz CT molecular complexity index is 290. The van der Waals surface area contributed by atoms with Crippen LogP contribution >= 0.6 is 0 Å². The quantitative estimate of drug-likeness (QED) is 0.537. The molecule has 0 aliphatic heterocycles. The van der Waals surface area contributed by atoms with Gasteiger partial charge in [-0.2, -0.15) is 0 Å². The second kappa shape index (κ2) is 3.68. The Kier molecular flexibility index (Phi) is 2.80. The summed E-state index contributed by atoms with van der Waals surface area (Å²) in [7, 11) is 0. The number of hydrogen-bond acceptors (Lipinski definition) is 3. The van der Waals surface area contributed by atoms with E-state index < -0.39 is 5.72 Å². The van der Waals surface area contributed by atoms with Gasteiger partial charge in [-0.3, -0.25) is 10.5 Å². The molecule has 0 aliphatic carbocycles. The first kappa shape index (κ1) is 9.89. The summed E-state index contributed by atoms with van der Waals surface area (Å²) in [6.07, 6.45) is 1.19. The Morgan fingerprint density at radius 1 is 1.46 bits per heavy atom. The number of carbonyl (C=O) groups is 1. The molecule has 0 fully saturated rings. The lowest BCUT2D eigenvalue weighted by Crippen LogP contribution is -2.35. The predicted molar refractivity (Wildman–Crippen MR) is 50.2 cm³/mol. The van der Waals surface area contributed by atoms with Crippen LogP contribution in [0.1, 0.15) is 29.3 Å². The van der Waals surface area contributed by atoms with Crippen molar-refractivity contribution in [1.29, 1.82) is 0 Å². The van der Waals surface area contributed by atoms with E-state index in [9.17, 15) is 9.90 Å². The fourth-order valence-electron chi connectivity index (χ4n) is 1.05. The second-order valence-electron chi connectivity index (χ2n) is 3.02. The van der Waals surface area contributed by atoms with Crippen LogP contribution in [0.4, 0.5) is 0 Å². The Labute approximate surface area is 77.2 Å². The van der Waals surface area contributed by atoms with Gasteiger partial charge in [0, 0.05) is 5.56 Å². The fourth-order valence-corrected chi connectivity index (χ4v) is 1.05. The average Bonchev–Trinajstić information content (AvgIpc) is 2.18. The molecule has 0 saturated carbocycles. The highest BCUT2D eigenvalue weighted by Crippen LogP contribution is 2.18. The number of aldehydes is 1. The van der Waals surface area contributed by atoms with Crippen LogP contribution in [0.2, 0.25) is 0 Å². The molecule has 0 spiro atoms. The molecule has 13 heavy (non-hydrogen) atoms. The summed E-state index contributed by atoms with van der Waals surface area (Å²) in [6, 6.07) is 6.59. The van der Waals surface area contributed by atoms with Crippen LogP contribution in [0, 0.1) is 0 Å². The first-order valence-electron chi connectivity index (χ1n) is 4.17. The van der Waals surface area contributed by atoms with E-state index in [0.29, 0.717) is 17.5 Å². The number of hydrogen-bond donors (Lipinski definition) is 2. The highest BCUT2D eigenvalue weighted by Gasteiger charge is 2.20. The summed E-state index contributed by atoms with van der Waals surface area (Å²) in [5.74, 6) is 0. The van der Waals surface area contributed by atoms with Crippen molar-refractivity contribution in [2.24, 2.45) is 5.73 Å². The van der Waals surface area contributed by atoms with E-state index in [1.807, 2.05) is 0 Å². The molecular formula is C10H13NO2. The number of benzene rings is 1. The van der Waals surface area contributed by atoms with Gasteiger partial charge in [-0.15, -0.1) is 0 Å². The van der Waals surface area contributed by atoms with Gasteiger partial charge in [-0.05, 0) is 12.0 Å². The number of rotatable bonds is 3. The third-order valence-corrected chi connectivity index (χ3v) is 2.09. The lowest BCUT2D eigenvalue weighted by Gasteiger charge is -2.21. The van der Waals surface area contributed by atoms with E-state index in [4.69, 9.17) is 5.73 Å². The normalized spacial score (nSPS) is 15.0. The first-order valence-corrected chi connectivity index (χ1v) is 4.17. The minimum atomic E-state index is -1.29. The molecule has 0 aliphatic rings. The van der Waals surface area contributed by atoms with Gasteiger partial charge in [0.1, 0.15) is 12.0 Å². The largest absolute Gasteiger partial charge is 0.372 e. The van der Waals surface area contributed by atoms with Crippen LogP contribution in [0.15, 0.2) is 24.3 Å². The molecule has 3 nitrogen and oxygen atoms in total. The first-order chi connectivity index (χ1) is 6.10. The summed E-state index contributed by atoms with van der Waals surface area (Å²) >= 11 is 0. The highest BCUT2D eigenvalue weighted by molar-refractivity contribution is 5.74. The van der Waals surface area contributed by atoms with Gasteiger partial charge >= 0.3 is 0 Å². The molecule has 1 aromatic carbocycles. The molecule has 1 atom stereocenters. The maximum Gasteiger partial charge on any atom is 0.150 e. The number of nitrogens with two attached hydrogens (primary N) is 1. The van der Waals surface area contributed by atoms with Crippen LogP contribution in [0.3, 0.4) is 0 Å². The third kappa shape index (κ3) is 2.14. The highest BCUT2D eigenvalue weighted by atomic mass is 16.3. The SMILES string of the molecule is CC[C@](N)(O)c1ccc(C=O)cc1. The van der Waals surface area contributed by atoms with Crippen LogP contribution in [0.5, 0.6) is 0 Å². The molecule has 70 valence electrons. The van der Waals surface area contributed by atoms with Crippen molar-refractivity contribution in [2.45, 2.75) is 19.1 Å². The van der Waals surface area contributed by atoms with Crippen molar-refractivity contribution in [2.75, 3.05) is 0 Å². The van der Waals surface area contributed by atoms with E-state index in [1.54, 1.807) is 31.2 Å². The average molecular weight is 179 g/mol. The molecular weight excluding hydrogens is 166 g/mol. The maximum atomic E-state index is 10.3. The van der Waals surface area contributed by atoms with Crippen LogP contribution < -0.4 is 5.73 Å². The Balaban J connectivity index is 2.98. The summed E-state index contributed by atoms with van der Waals surface area (Å²) in [5, 5.41) is 9.65. The summed E-state index contributed by atoms with van der Waals surface area (Å²) in [5.41, 5.74) is 5.51.